The molecule has 0 radical (unpaired) electrons. The van der Waals surface area contributed by atoms with Crippen LogP contribution in [0.5, 0.6) is 0 Å². The maximum atomic E-state index is 11.9. The molecule has 84 valence electrons. The van der Waals surface area contributed by atoms with E-state index in [1.165, 1.54) is 27.7 Å². The molecule has 0 spiro atoms. The maximum absolute atomic E-state index is 11.9. The highest BCUT2D eigenvalue weighted by Gasteiger charge is 2.18. The highest BCUT2D eigenvalue weighted by molar-refractivity contribution is 5.81. The first kappa shape index (κ1) is 10.5. The molecule has 2 aromatic rings. The van der Waals surface area contributed by atoms with Crippen molar-refractivity contribution in [3.8, 4) is 0 Å². The second-order valence-electron chi connectivity index (χ2n) is 3.53. The number of aromatic nitrogens is 4. The smallest absolute Gasteiger partial charge is 0.297 e. The summed E-state index contributed by atoms with van der Waals surface area (Å²) in [7, 11) is 0. The Bertz CT molecular complexity index is 584. The SMILES string of the molecule is CCC(=O)C(C)n1nc2cnccn2c1=O. The van der Waals surface area contributed by atoms with Crippen molar-refractivity contribution in [3.05, 3.63) is 29.1 Å². The van der Waals surface area contributed by atoms with Crippen LogP contribution in [-0.2, 0) is 4.79 Å². The lowest BCUT2D eigenvalue weighted by Crippen LogP contribution is -2.28. The molecule has 16 heavy (non-hydrogen) atoms. The quantitative estimate of drug-likeness (QED) is 0.752. The van der Waals surface area contributed by atoms with Gasteiger partial charge in [-0.1, -0.05) is 6.92 Å². The minimum atomic E-state index is -0.530. The van der Waals surface area contributed by atoms with Gasteiger partial charge in [0, 0.05) is 18.8 Å². The van der Waals surface area contributed by atoms with Crippen molar-refractivity contribution in [1.82, 2.24) is 19.2 Å². The van der Waals surface area contributed by atoms with Crippen LogP contribution in [0.3, 0.4) is 0 Å². The van der Waals surface area contributed by atoms with Crippen LogP contribution in [0.25, 0.3) is 5.65 Å². The zero-order valence-corrected chi connectivity index (χ0v) is 9.12. The molecule has 0 aromatic carbocycles. The third kappa shape index (κ3) is 1.52. The van der Waals surface area contributed by atoms with Crippen LogP contribution >= 0.6 is 0 Å². The van der Waals surface area contributed by atoms with E-state index >= 15 is 0 Å². The fourth-order valence-electron chi connectivity index (χ4n) is 1.54. The van der Waals surface area contributed by atoms with Crippen LogP contribution in [0, 0.1) is 0 Å². The Morgan fingerprint density at radius 2 is 2.31 bits per heavy atom. The summed E-state index contributed by atoms with van der Waals surface area (Å²) in [5.74, 6) is -0.0153. The van der Waals surface area contributed by atoms with Crippen molar-refractivity contribution < 1.29 is 4.79 Å². The van der Waals surface area contributed by atoms with Gasteiger partial charge in [-0.3, -0.25) is 9.78 Å². The molecule has 1 atom stereocenters. The molecule has 0 saturated carbocycles. The first-order chi connectivity index (χ1) is 7.65. The summed E-state index contributed by atoms with van der Waals surface area (Å²) in [4.78, 5) is 27.3. The largest absolute Gasteiger partial charge is 0.351 e. The van der Waals surface area contributed by atoms with Gasteiger partial charge in [-0.15, -0.1) is 5.10 Å². The average molecular weight is 220 g/mol. The first-order valence-electron chi connectivity index (χ1n) is 5.08. The van der Waals surface area contributed by atoms with E-state index in [9.17, 15) is 9.59 Å². The first-order valence-corrected chi connectivity index (χ1v) is 5.08. The van der Waals surface area contributed by atoms with Gasteiger partial charge in [0.2, 0.25) is 0 Å². The molecule has 0 aliphatic carbocycles. The normalized spacial score (nSPS) is 12.9. The zero-order valence-electron chi connectivity index (χ0n) is 9.12. The Balaban J connectivity index is 2.58. The zero-order chi connectivity index (χ0) is 11.7. The molecule has 0 aliphatic heterocycles. The van der Waals surface area contributed by atoms with Gasteiger partial charge in [0.1, 0.15) is 6.04 Å². The summed E-state index contributed by atoms with van der Waals surface area (Å²) in [5.41, 5.74) is 0.134. The Morgan fingerprint density at radius 3 is 2.94 bits per heavy atom. The molecule has 6 heteroatoms. The highest BCUT2D eigenvalue weighted by atomic mass is 16.2. The van der Waals surface area contributed by atoms with Crippen LogP contribution in [0.1, 0.15) is 26.3 Å². The van der Waals surface area contributed by atoms with E-state index in [-0.39, 0.29) is 11.5 Å². The standard InChI is InChI=1S/C10H12N4O2/c1-3-8(15)7(2)14-10(16)13-5-4-11-6-9(13)12-14/h4-7H,3H2,1-2H3. The van der Waals surface area contributed by atoms with Crippen molar-refractivity contribution in [3.63, 3.8) is 0 Å². The Kier molecular flexibility index (Phi) is 2.55. The number of ketones is 1. The summed E-state index contributed by atoms with van der Waals surface area (Å²) in [6.07, 6.45) is 4.91. The lowest BCUT2D eigenvalue weighted by molar-refractivity contribution is -0.121. The number of hydrogen-bond acceptors (Lipinski definition) is 4. The van der Waals surface area contributed by atoms with Gasteiger partial charge in [0.15, 0.2) is 11.4 Å². The van der Waals surface area contributed by atoms with Crippen LogP contribution in [0.4, 0.5) is 0 Å². The number of carbonyl (C=O) groups excluding carboxylic acids is 1. The predicted octanol–water partition coefficient (Wildman–Crippen LogP) is 0.431. The second kappa shape index (κ2) is 3.88. The molecule has 2 rings (SSSR count). The minimum Gasteiger partial charge on any atom is -0.297 e. The molecule has 6 nitrogen and oxygen atoms in total. The van der Waals surface area contributed by atoms with E-state index in [2.05, 4.69) is 10.1 Å². The fraction of sp³-hybridized carbons (Fsp3) is 0.400. The predicted molar refractivity (Wildman–Crippen MR) is 57.3 cm³/mol. The number of carbonyl (C=O) groups is 1. The van der Waals surface area contributed by atoms with Crippen molar-refractivity contribution in [2.45, 2.75) is 26.3 Å². The molecule has 2 heterocycles. The van der Waals surface area contributed by atoms with E-state index in [0.29, 0.717) is 12.1 Å². The molecule has 0 amide bonds. The van der Waals surface area contributed by atoms with Gasteiger partial charge >= 0.3 is 5.69 Å². The van der Waals surface area contributed by atoms with E-state index < -0.39 is 6.04 Å². The Labute approximate surface area is 91.5 Å². The number of Topliss-reactive ketones (excluding diaryl/α,β-unsaturated/α-hetero) is 1. The van der Waals surface area contributed by atoms with Gasteiger partial charge in [-0.2, -0.15) is 0 Å². The van der Waals surface area contributed by atoms with Gasteiger partial charge in [0.05, 0.1) is 6.20 Å². The topological polar surface area (TPSA) is 69.3 Å². The third-order valence-electron chi connectivity index (χ3n) is 2.53. The fourth-order valence-corrected chi connectivity index (χ4v) is 1.54. The Hall–Kier alpha value is -1.98. The van der Waals surface area contributed by atoms with Gasteiger partial charge in [-0.05, 0) is 6.92 Å². The summed E-state index contributed by atoms with van der Waals surface area (Å²) in [6, 6.07) is -0.530. The monoisotopic (exact) mass is 220 g/mol. The molecule has 0 fully saturated rings. The number of fused-ring (bicyclic) bond motifs is 1. The van der Waals surface area contributed by atoms with Crippen LogP contribution in [0.15, 0.2) is 23.4 Å². The highest BCUT2D eigenvalue weighted by Crippen LogP contribution is 2.05. The molecule has 2 aromatic heterocycles. The lowest BCUT2D eigenvalue weighted by atomic mass is 10.2. The molecule has 0 bridgehead atoms. The maximum Gasteiger partial charge on any atom is 0.351 e. The van der Waals surface area contributed by atoms with Crippen molar-refractivity contribution in [1.29, 1.82) is 0 Å². The Morgan fingerprint density at radius 1 is 1.56 bits per heavy atom. The van der Waals surface area contributed by atoms with Crippen LogP contribution in [0.2, 0.25) is 0 Å². The molecular formula is C10H12N4O2. The third-order valence-corrected chi connectivity index (χ3v) is 2.53. The van der Waals surface area contributed by atoms with E-state index in [0.717, 1.165) is 0 Å². The second-order valence-corrected chi connectivity index (χ2v) is 3.53. The van der Waals surface area contributed by atoms with Gasteiger partial charge < -0.3 is 0 Å². The van der Waals surface area contributed by atoms with Crippen LogP contribution in [-0.4, -0.2) is 24.9 Å². The number of rotatable bonds is 3. The summed E-state index contributed by atoms with van der Waals surface area (Å²) < 4.78 is 2.56. The van der Waals surface area contributed by atoms with Gasteiger partial charge in [0.25, 0.3) is 0 Å². The lowest BCUT2D eigenvalue weighted by Gasteiger charge is -2.06. The van der Waals surface area contributed by atoms with Crippen molar-refractivity contribution in [2.75, 3.05) is 0 Å². The average Bonchev–Trinajstić information content (AvgIpc) is 2.65. The molecule has 0 aliphatic rings. The van der Waals surface area contributed by atoms with E-state index in [1.54, 1.807) is 13.8 Å². The molecule has 1 unspecified atom stereocenters. The summed E-state index contributed by atoms with van der Waals surface area (Å²) >= 11 is 0. The van der Waals surface area contributed by atoms with E-state index in [4.69, 9.17) is 0 Å². The van der Waals surface area contributed by atoms with Crippen molar-refractivity contribution in [2.24, 2.45) is 0 Å². The van der Waals surface area contributed by atoms with E-state index in [1.807, 2.05) is 0 Å². The number of nitrogens with zero attached hydrogens (tertiary/aromatic N) is 4. The molecule has 0 N–H and O–H groups in total. The molecule has 0 saturated heterocycles. The van der Waals surface area contributed by atoms with Gasteiger partial charge in [-0.25, -0.2) is 13.9 Å². The number of hydrogen-bond donors (Lipinski definition) is 0. The minimum absolute atomic E-state index is 0.0153. The van der Waals surface area contributed by atoms with Crippen molar-refractivity contribution >= 4 is 11.4 Å². The molecular weight excluding hydrogens is 208 g/mol. The summed E-state index contributed by atoms with van der Waals surface area (Å²) in [5, 5.41) is 4.07. The summed E-state index contributed by atoms with van der Waals surface area (Å²) in [6.45, 7) is 3.44. The van der Waals surface area contributed by atoms with Crippen LogP contribution < -0.4 is 5.69 Å².